The van der Waals surface area contributed by atoms with Crippen molar-refractivity contribution in [3.63, 3.8) is 0 Å². The number of aliphatic carboxylic acids is 1. The zero-order valence-corrected chi connectivity index (χ0v) is 9.03. The second kappa shape index (κ2) is 5.80. The zero-order valence-electron chi connectivity index (χ0n) is 9.03. The molecule has 1 unspecified atom stereocenters. The van der Waals surface area contributed by atoms with E-state index >= 15 is 0 Å². The van der Waals surface area contributed by atoms with E-state index in [-0.39, 0.29) is 18.0 Å². The molecule has 92 valence electrons. The highest BCUT2D eigenvalue weighted by Gasteiger charge is 2.23. The predicted molar refractivity (Wildman–Crippen MR) is 57.0 cm³/mol. The van der Waals surface area contributed by atoms with E-state index in [1.54, 1.807) is 0 Å². The molecule has 0 saturated carbocycles. The van der Waals surface area contributed by atoms with Gasteiger partial charge in [0.05, 0.1) is 11.5 Å². The lowest BCUT2D eigenvalue weighted by Crippen LogP contribution is -2.31. The standard InChI is InChI=1S/C10H11NO6/c1-16-6-9(10(12)13)17-8-5-3-2-4-7(8)11(14)15/h2-5,9H,6H2,1H3,(H,12,13). The van der Waals surface area contributed by atoms with Gasteiger partial charge in [-0.15, -0.1) is 0 Å². The Kier molecular flexibility index (Phi) is 4.41. The number of nitrogens with zero attached hydrogens (tertiary/aromatic N) is 1. The van der Waals surface area contributed by atoms with Gasteiger partial charge in [0, 0.05) is 13.2 Å². The van der Waals surface area contributed by atoms with Gasteiger partial charge in [0.15, 0.2) is 5.75 Å². The van der Waals surface area contributed by atoms with Crippen LogP contribution in [-0.4, -0.2) is 35.8 Å². The number of para-hydroxylation sites is 2. The van der Waals surface area contributed by atoms with E-state index < -0.39 is 17.0 Å². The molecule has 0 aliphatic rings. The zero-order chi connectivity index (χ0) is 12.8. The van der Waals surface area contributed by atoms with E-state index in [2.05, 4.69) is 4.74 Å². The average Bonchev–Trinajstić information content (AvgIpc) is 2.28. The van der Waals surface area contributed by atoms with E-state index in [0.29, 0.717) is 0 Å². The van der Waals surface area contributed by atoms with Crippen LogP contribution in [0.1, 0.15) is 0 Å². The Morgan fingerprint density at radius 3 is 2.71 bits per heavy atom. The summed E-state index contributed by atoms with van der Waals surface area (Å²) in [6, 6.07) is 5.57. The molecule has 0 radical (unpaired) electrons. The van der Waals surface area contributed by atoms with Gasteiger partial charge >= 0.3 is 11.7 Å². The molecule has 17 heavy (non-hydrogen) atoms. The molecule has 0 aromatic heterocycles. The molecule has 1 atom stereocenters. The normalized spacial score (nSPS) is 11.8. The third-order valence-electron chi connectivity index (χ3n) is 1.92. The highest BCUT2D eigenvalue weighted by molar-refractivity contribution is 5.73. The fraction of sp³-hybridized carbons (Fsp3) is 0.300. The predicted octanol–water partition coefficient (Wildman–Crippen LogP) is 1.07. The third kappa shape index (κ3) is 3.42. The Balaban J connectivity index is 2.92. The van der Waals surface area contributed by atoms with Crippen LogP contribution in [0.4, 0.5) is 5.69 Å². The maximum atomic E-state index is 10.8. The molecule has 7 heteroatoms. The first-order valence-corrected chi connectivity index (χ1v) is 4.68. The second-order valence-corrected chi connectivity index (χ2v) is 3.12. The molecule has 0 spiro atoms. The molecule has 0 bridgehead atoms. The van der Waals surface area contributed by atoms with Gasteiger partial charge in [-0.05, 0) is 6.07 Å². The number of carboxylic acid groups (broad SMARTS) is 1. The number of nitro groups is 1. The molecule has 1 rings (SSSR count). The van der Waals surface area contributed by atoms with Gasteiger partial charge in [-0.3, -0.25) is 10.1 Å². The summed E-state index contributed by atoms with van der Waals surface area (Å²) >= 11 is 0. The van der Waals surface area contributed by atoms with Crippen LogP contribution in [-0.2, 0) is 9.53 Å². The van der Waals surface area contributed by atoms with Crippen molar-refractivity contribution in [2.45, 2.75) is 6.10 Å². The van der Waals surface area contributed by atoms with Crippen molar-refractivity contribution in [3.05, 3.63) is 34.4 Å². The molecular weight excluding hydrogens is 230 g/mol. The van der Waals surface area contributed by atoms with E-state index in [1.807, 2.05) is 0 Å². The first-order valence-electron chi connectivity index (χ1n) is 4.68. The number of hydrogen-bond donors (Lipinski definition) is 1. The largest absolute Gasteiger partial charge is 0.478 e. The average molecular weight is 241 g/mol. The van der Waals surface area contributed by atoms with Crippen LogP contribution in [0, 0.1) is 10.1 Å². The molecule has 1 aromatic carbocycles. The minimum atomic E-state index is -1.28. The summed E-state index contributed by atoms with van der Waals surface area (Å²) < 4.78 is 9.70. The van der Waals surface area contributed by atoms with E-state index in [1.165, 1.54) is 31.4 Å². The SMILES string of the molecule is COCC(Oc1ccccc1[N+](=O)[O-])C(=O)O. The van der Waals surface area contributed by atoms with Crippen LogP contribution < -0.4 is 4.74 Å². The van der Waals surface area contributed by atoms with Crippen LogP contribution in [0.2, 0.25) is 0 Å². The lowest BCUT2D eigenvalue weighted by atomic mass is 10.3. The van der Waals surface area contributed by atoms with Crippen LogP contribution in [0.25, 0.3) is 0 Å². The summed E-state index contributed by atoms with van der Waals surface area (Å²) in [6.45, 7) is -0.193. The van der Waals surface area contributed by atoms with Gasteiger partial charge in [-0.1, -0.05) is 12.1 Å². The molecule has 0 aliphatic carbocycles. The lowest BCUT2D eigenvalue weighted by Gasteiger charge is -2.13. The van der Waals surface area contributed by atoms with Crippen molar-refractivity contribution in [2.24, 2.45) is 0 Å². The second-order valence-electron chi connectivity index (χ2n) is 3.12. The van der Waals surface area contributed by atoms with Crippen LogP contribution in [0.3, 0.4) is 0 Å². The van der Waals surface area contributed by atoms with Crippen molar-refractivity contribution in [1.82, 2.24) is 0 Å². The fourth-order valence-electron chi connectivity index (χ4n) is 1.17. The summed E-state index contributed by atoms with van der Waals surface area (Å²) in [5.41, 5.74) is -0.283. The molecule has 0 heterocycles. The van der Waals surface area contributed by atoms with Gasteiger partial charge in [0.25, 0.3) is 0 Å². The minimum Gasteiger partial charge on any atom is -0.478 e. The summed E-state index contributed by atoms with van der Waals surface area (Å²) in [5, 5.41) is 19.5. The topological polar surface area (TPSA) is 98.9 Å². The molecule has 0 aliphatic heterocycles. The molecule has 7 nitrogen and oxygen atoms in total. The highest BCUT2D eigenvalue weighted by Crippen LogP contribution is 2.26. The van der Waals surface area contributed by atoms with Gasteiger partial charge < -0.3 is 14.6 Å². The maximum absolute atomic E-state index is 10.8. The number of carboxylic acids is 1. The number of hydrogen-bond acceptors (Lipinski definition) is 5. The molecule has 0 amide bonds. The number of carbonyl (C=O) groups is 1. The highest BCUT2D eigenvalue weighted by atomic mass is 16.6. The number of methoxy groups -OCH3 is 1. The van der Waals surface area contributed by atoms with E-state index in [4.69, 9.17) is 9.84 Å². The van der Waals surface area contributed by atoms with E-state index in [0.717, 1.165) is 0 Å². The van der Waals surface area contributed by atoms with Crippen LogP contribution in [0.15, 0.2) is 24.3 Å². The van der Waals surface area contributed by atoms with Crippen molar-refractivity contribution in [2.75, 3.05) is 13.7 Å². The molecule has 0 fully saturated rings. The Labute approximate surface area is 96.7 Å². The van der Waals surface area contributed by atoms with Crippen molar-refractivity contribution >= 4 is 11.7 Å². The molecule has 1 aromatic rings. The minimum absolute atomic E-state index is 0.0954. The number of ether oxygens (including phenoxy) is 2. The van der Waals surface area contributed by atoms with Crippen molar-refractivity contribution in [1.29, 1.82) is 0 Å². The first kappa shape index (κ1) is 12.9. The lowest BCUT2D eigenvalue weighted by molar-refractivity contribution is -0.386. The first-order chi connectivity index (χ1) is 8.06. The molecular formula is C10H11NO6. The number of nitro benzene ring substituents is 1. The van der Waals surface area contributed by atoms with Crippen LogP contribution >= 0.6 is 0 Å². The Morgan fingerprint density at radius 2 is 2.18 bits per heavy atom. The third-order valence-corrected chi connectivity index (χ3v) is 1.92. The van der Waals surface area contributed by atoms with Gasteiger partial charge in [0.2, 0.25) is 6.10 Å². The fourth-order valence-corrected chi connectivity index (χ4v) is 1.17. The Hall–Kier alpha value is -2.15. The smallest absolute Gasteiger partial charge is 0.347 e. The van der Waals surface area contributed by atoms with Gasteiger partial charge in [-0.25, -0.2) is 4.79 Å². The van der Waals surface area contributed by atoms with Crippen molar-refractivity contribution < 1.29 is 24.3 Å². The number of benzene rings is 1. The summed E-state index contributed by atoms with van der Waals surface area (Å²) in [7, 11) is 1.32. The van der Waals surface area contributed by atoms with Crippen LogP contribution in [0.5, 0.6) is 5.75 Å². The summed E-state index contributed by atoms with van der Waals surface area (Å²) in [4.78, 5) is 20.8. The Morgan fingerprint density at radius 1 is 1.53 bits per heavy atom. The monoisotopic (exact) mass is 241 g/mol. The van der Waals surface area contributed by atoms with Gasteiger partial charge in [-0.2, -0.15) is 0 Å². The maximum Gasteiger partial charge on any atom is 0.347 e. The van der Waals surface area contributed by atoms with Gasteiger partial charge in [0.1, 0.15) is 0 Å². The molecule has 1 N–H and O–H groups in total. The van der Waals surface area contributed by atoms with Crippen molar-refractivity contribution in [3.8, 4) is 5.75 Å². The Bertz CT molecular complexity index is 419. The summed E-state index contributed by atoms with van der Waals surface area (Å²) in [6.07, 6.45) is -1.28. The van der Waals surface area contributed by atoms with E-state index in [9.17, 15) is 14.9 Å². The molecule has 0 saturated heterocycles. The quantitative estimate of drug-likeness (QED) is 0.590. The summed E-state index contributed by atoms with van der Waals surface area (Å²) in [5.74, 6) is -1.34. The number of rotatable bonds is 6.